The van der Waals surface area contributed by atoms with Crippen molar-refractivity contribution in [1.82, 2.24) is 0 Å². The van der Waals surface area contributed by atoms with E-state index in [1.165, 1.54) is 0 Å². The van der Waals surface area contributed by atoms with Gasteiger partial charge in [-0.1, -0.05) is 182 Å². The Morgan fingerprint density at radius 2 is 0.690 bits per heavy atom. The van der Waals surface area contributed by atoms with Crippen LogP contribution in [0.25, 0.3) is 0 Å². The highest BCUT2D eigenvalue weighted by Crippen LogP contribution is 2.39. The van der Waals surface area contributed by atoms with Crippen molar-refractivity contribution in [3.63, 3.8) is 0 Å². The Labute approximate surface area is 510 Å². The fraction of sp³-hybridized carbons (Fsp3) is 0.457. The van der Waals surface area contributed by atoms with Gasteiger partial charge in [0.05, 0.1) is 69.8 Å². The van der Waals surface area contributed by atoms with Gasteiger partial charge in [0, 0.05) is 0 Å². The lowest BCUT2D eigenvalue weighted by molar-refractivity contribution is -0.389. The Morgan fingerprint density at radius 1 is 0.379 bits per heavy atom. The lowest BCUT2D eigenvalue weighted by Crippen LogP contribution is -2.68. The molecule has 2 N–H and O–H groups in total. The molecule has 3 fully saturated rings. The molecule has 0 aliphatic carbocycles. The molecule has 466 valence electrons. The Bertz CT molecular complexity index is 2970. The zero-order chi connectivity index (χ0) is 61.3. The normalized spacial score (nSPS) is 27.7. The van der Waals surface area contributed by atoms with E-state index in [1.54, 1.807) is 48.5 Å². The van der Waals surface area contributed by atoms with Gasteiger partial charge in [-0.2, -0.15) is 0 Å². The summed E-state index contributed by atoms with van der Waals surface area (Å²) >= 11 is 0. The number of carbonyl (C=O) groups excluding carboxylic acids is 2. The van der Waals surface area contributed by atoms with E-state index in [0.29, 0.717) is 0 Å². The summed E-state index contributed by atoms with van der Waals surface area (Å²) < 4.78 is 88.5. The average molecular weight is 1200 g/mol. The summed E-state index contributed by atoms with van der Waals surface area (Å²) in [6, 6.07) is 57.8. The van der Waals surface area contributed by atoms with Crippen LogP contribution in [0.2, 0.25) is 0 Å². The Kier molecular flexibility index (Phi) is 23.4. The van der Waals surface area contributed by atoms with Crippen LogP contribution >= 0.6 is 0 Å². The van der Waals surface area contributed by atoms with E-state index in [4.69, 9.17) is 61.6 Å². The third kappa shape index (κ3) is 18.4. The first-order chi connectivity index (χ1) is 42.0. The van der Waals surface area contributed by atoms with E-state index in [-0.39, 0.29) is 52.9 Å². The van der Waals surface area contributed by atoms with Crippen LogP contribution in [0.3, 0.4) is 0 Å². The van der Waals surface area contributed by atoms with Gasteiger partial charge in [-0.3, -0.25) is 9.59 Å². The van der Waals surface area contributed by atoms with Gasteiger partial charge in [-0.25, -0.2) is 0 Å². The molecule has 3 saturated heterocycles. The van der Waals surface area contributed by atoms with Gasteiger partial charge in [-0.15, -0.1) is 0 Å². The van der Waals surface area contributed by atoms with E-state index in [9.17, 15) is 19.8 Å². The van der Waals surface area contributed by atoms with Crippen LogP contribution in [0.5, 0.6) is 0 Å². The maximum absolute atomic E-state index is 14.1. The largest absolute Gasteiger partial charge is 0.455 e. The predicted molar refractivity (Wildman–Crippen MR) is 321 cm³/mol. The predicted octanol–water partition coefficient (Wildman–Crippen LogP) is 10.00. The standard InChI is InChI=1S/C70H84O17/c1-46-55(71)58(86-67(73)69(2,3)4)63(87-68(74)70(5,6)7)66(81-46)85-57-54(45-76-39-48-28-16-9-17-29-48)83-65(62(80-43-52-36-24-13-25-37-52)60(57)78-41-50-32-20-11-21-33-50)84-56-53(44-75-38-47-26-14-8-15-27-47)82-64(72)61(79-42-51-34-22-12-23-35-51)59(56)77-40-49-30-18-10-19-31-49/h8-37,46,53-66,71-72H,38-45H2,1-7H3/t46-,53-,54-,55+,56-,57-,58+,59+,60+,61-,62-,63-,64-,65+,66+/m1/s1. The fourth-order valence-electron chi connectivity index (χ4n) is 10.3. The smallest absolute Gasteiger partial charge is 0.311 e. The molecule has 3 heterocycles. The van der Waals surface area contributed by atoms with Crippen molar-refractivity contribution in [3.8, 4) is 0 Å². The van der Waals surface area contributed by atoms with Crippen LogP contribution in [-0.2, 0) is 111 Å². The van der Waals surface area contributed by atoms with Gasteiger partial charge in [0.25, 0.3) is 0 Å². The van der Waals surface area contributed by atoms with Crippen LogP contribution in [0, 0.1) is 10.8 Å². The van der Waals surface area contributed by atoms with Crippen molar-refractivity contribution in [3.05, 3.63) is 215 Å². The van der Waals surface area contributed by atoms with Gasteiger partial charge in [0.1, 0.15) is 54.9 Å². The molecule has 0 spiro atoms. The SMILES string of the molecule is C[C@H]1O[C@@H](O[C@H]2[C@H](OCc3ccccc3)[C@@H](OCc3ccccc3)[C@H](O[C@H]3[C@H](OCc4ccccc4)[C@@H](OCc4ccccc4)[C@H](O)O[C@@H]3COCc3ccccc3)O[C@@H]2COCc2ccccc2)[C@H](OC(=O)C(C)(C)C)[C@@H](OC(=O)C(C)(C)C)[C@H]1O. The van der Waals surface area contributed by atoms with E-state index >= 15 is 0 Å². The monoisotopic (exact) mass is 1200 g/mol. The van der Waals surface area contributed by atoms with Crippen molar-refractivity contribution in [2.24, 2.45) is 10.8 Å². The number of carbonyl (C=O) groups is 2. The van der Waals surface area contributed by atoms with Gasteiger partial charge in [-0.05, 0) is 81.8 Å². The highest BCUT2D eigenvalue weighted by Gasteiger charge is 2.57. The van der Waals surface area contributed by atoms with Crippen LogP contribution < -0.4 is 0 Å². The molecule has 17 nitrogen and oxygen atoms in total. The summed E-state index contributed by atoms with van der Waals surface area (Å²) in [5.74, 6) is -1.32. The summed E-state index contributed by atoms with van der Waals surface area (Å²) in [5.41, 5.74) is 3.06. The maximum atomic E-state index is 14.1. The fourth-order valence-corrected chi connectivity index (χ4v) is 10.3. The van der Waals surface area contributed by atoms with E-state index < -0.39 is 115 Å². The highest BCUT2D eigenvalue weighted by atomic mass is 16.8. The Morgan fingerprint density at radius 3 is 1.07 bits per heavy atom. The molecule has 87 heavy (non-hydrogen) atoms. The lowest BCUT2D eigenvalue weighted by atomic mass is 9.93. The van der Waals surface area contributed by atoms with Crippen molar-refractivity contribution in [1.29, 1.82) is 0 Å². The van der Waals surface area contributed by atoms with Gasteiger partial charge < -0.3 is 71.8 Å². The molecule has 0 aromatic heterocycles. The highest BCUT2D eigenvalue weighted by molar-refractivity contribution is 5.76. The number of esters is 2. The lowest BCUT2D eigenvalue weighted by Gasteiger charge is -2.51. The molecule has 6 aromatic rings. The maximum Gasteiger partial charge on any atom is 0.311 e. The molecule has 3 aliphatic rings. The molecular weight excluding hydrogens is 1110 g/mol. The number of aliphatic hydroxyl groups excluding tert-OH is 2. The summed E-state index contributed by atoms with van der Waals surface area (Å²) in [6.45, 7) is 12.2. The van der Waals surface area contributed by atoms with Gasteiger partial charge >= 0.3 is 11.9 Å². The number of aliphatic hydroxyl groups is 2. The quantitative estimate of drug-likeness (QED) is 0.0487. The molecule has 15 atom stereocenters. The van der Waals surface area contributed by atoms with Crippen molar-refractivity contribution < 1.29 is 81.4 Å². The molecule has 0 bridgehead atoms. The molecule has 3 aliphatic heterocycles. The third-order valence-corrected chi connectivity index (χ3v) is 15.2. The average Bonchev–Trinajstić information content (AvgIpc) is 3.67. The molecule has 0 saturated carbocycles. The molecule has 0 unspecified atom stereocenters. The number of benzene rings is 6. The minimum atomic E-state index is -1.52. The molecule has 0 amide bonds. The second kappa shape index (κ2) is 31.3. The summed E-state index contributed by atoms with van der Waals surface area (Å²) in [5, 5.41) is 24.0. The molecule has 17 heteroatoms. The third-order valence-electron chi connectivity index (χ3n) is 15.2. The minimum absolute atomic E-state index is 0.0296. The Hall–Kier alpha value is -6.26. The first kappa shape index (κ1) is 65.2. The van der Waals surface area contributed by atoms with Crippen LogP contribution in [-0.4, -0.2) is 127 Å². The van der Waals surface area contributed by atoms with Crippen molar-refractivity contribution in [2.45, 2.75) is 180 Å². The van der Waals surface area contributed by atoms with Crippen LogP contribution in [0.4, 0.5) is 0 Å². The topological polar surface area (TPSA) is 195 Å². The Balaban J connectivity index is 1.16. The number of hydrogen-bond donors (Lipinski definition) is 2. The minimum Gasteiger partial charge on any atom is -0.455 e. The second-order valence-electron chi connectivity index (χ2n) is 24.3. The number of hydrogen-bond acceptors (Lipinski definition) is 17. The van der Waals surface area contributed by atoms with E-state index in [2.05, 4.69) is 0 Å². The van der Waals surface area contributed by atoms with Crippen LogP contribution in [0.15, 0.2) is 182 Å². The molecule has 0 radical (unpaired) electrons. The molecule has 9 rings (SSSR count). The number of ether oxygens (including phenoxy) is 13. The molecular formula is C70H84O17. The zero-order valence-electron chi connectivity index (χ0n) is 50.7. The summed E-state index contributed by atoms with van der Waals surface area (Å²) in [4.78, 5) is 27.9. The first-order valence-corrected chi connectivity index (χ1v) is 29.9. The second-order valence-corrected chi connectivity index (χ2v) is 24.3. The van der Waals surface area contributed by atoms with Gasteiger partial charge in [0.15, 0.2) is 31.1 Å². The van der Waals surface area contributed by atoms with E-state index in [1.807, 2.05) is 182 Å². The summed E-state index contributed by atoms with van der Waals surface area (Å²) in [6.07, 6.45) is -18.9. The van der Waals surface area contributed by atoms with Gasteiger partial charge in [0.2, 0.25) is 0 Å². The van der Waals surface area contributed by atoms with Crippen LogP contribution in [0.1, 0.15) is 81.8 Å². The zero-order valence-corrected chi connectivity index (χ0v) is 50.7. The van der Waals surface area contributed by atoms with E-state index in [0.717, 1.165) is 33.4 Å². The molecule has 6 aromatic carbocycles. The van der Waals surface area contributed by atoms with Crippen molar-refractivity contribution >= 4 is 11.9 Å². The first-order valence-electron chi connectivity index (χ1n) is 29.9. The number of rotatable bonds is 26. The summed E-state index contributed by atoms with van der Waals surface area (Å²) in [7, 11) is 0. The van der Waals surface area contributed by atoms with Crippen molar-refractivity contribution in [2.75, 3.05) is 13.2 Å².